The van der Waals surface area contributed by atoms with Gasteiger partial charge in [0.15, 0.2) is 0 Å². The predicted octanol–water partition coefficient (Wildman–Crippen LogP) is 4.07. The molecule has 1 aromatic carbocycles. The molecule has 0 aliphatic heterocycles. The first-order chi connectivity index (χ1) is 7.91. The normalized spacial score (nSPS) is 11.4. The predicted molar refractivity (Wildman–Crippen MR) is 75.3 cm³/mol. The lowest BCUT2D eigenvalue weighted by Gasteiger charge is -2.28. The van der Waals surface area contributed by atoms with E-state index in [4.69, 9.17) is 0 Å². The summed E-state index contributed by atoms with van der Waals surface area (Å²) in [5.41, 5.74) is 1.67. The maximum Gasteiger partial charge on any atom is 0.252 e. The first-order valence-corrected chi connectivity index (χ1v) is 6.80. The van der Waals surface area contributed by atoms with E-state index in [1.54, 1.807) is 0 Å². The Hall–Kier alpha value is -0.830. The largest absolute Gasteiger partial charge is 0.347 e. The molecule has 0 heterocycles. The Labute approximate surface area is 112 Å². The summed E-state index contributed by atoms with van der Waals surface area (Å²) >= 11 is 3.42. The Morgan fingerprint density at radius 2 is 1.94 bits per heavy atom. The van der Waals surface area contributed by atoms with Gasteiger partial charge in [-0.3, -0.25) is 4.79 Å². The number of amides is 1. The SMILES string of the molecule is CCC(C)(CC)NC(=O)c1cc(C)ccc1Br. The molecule has 1 rings (SSSR count). The maximum absolute atomic E-state index is 12.2. The molecule has 0 saturated heterocycles. The van der Waals surface area contributed by atoms with Gasteiger partial charge in [0, 0.05) is 10.0 Å². The lowest BCUT2D eigenvalue weighted by Crippen LogP contribution is -2.45. The summed E-state index contributed by atoms with van der Waals surface area (Å²) < 4.78 is 0.843. The fourth-order valence-electron chi connectivity index (χ4n) is 1.58. The number of hydrogen-bond acceptors (Lipinski definition) is 1. The molecule has 0 atom stereocenters. The Morgan fingerprint density at radius 3 is 2.47 bits per heavy atom. The van der Waals surface area contributed by atoms with Crippen molar-refractivity contribution in [3.8, 4) is 0 Å². The average molecular weight is 298 g/mol. The molecule has 0 aromatic heterocycles. The monoisotopic (exact) mass is 297 g/mol. The van der Waals surface area contributed by atoms with Gasteiger partial charge in [-0.05, 0) is 54.8 Å². The van der Waals surface area contributed by atoms with Crippen LogP contribution in [0.2, 0.25) is 0 Å². The number of aryl methyl sites for hydroxylation is 1. The van der Waals surface area contributed by atoms with Crippen LogP contribution in [-0.2, 0) is 0 Å². The maximum atomic E-state index is 12.2. The van der Waals surface area contributed by atoms with E-state index < -0.39 is 0 Å². The fourth-order valence-corrected chi connectivity index (χ4v) is 2.01. The molecule has 3 heteroatoms. The first kappa shape index (κ1) is 14.2. The Balaban J connectivity index is 2.94. The van der Waals surface area contributed by atoms with E-state index in [1.807, 2.05) is 25.1 Å². The minimum Gasteiger partial charge on any atom is -0.347 e. The summed E-state index contributed by atoms with van der Waals surface area (Å²) in [5.74, 6) is -0.00762. The van der Waals surface area contributed by atoms with Crippen LogP contribution in [0.15, 0.2) is 22.7 Å². The number of hydrogen-bond donors (Lipinski definition) is 1. The van der Waals surface area contributed by atoms with Crippen LogP contribution in [0.5, 0.6) is 0 Å². The van der Waals surface area contributed by atoms with E-state index in [0.717, 1.165) is 22.9 Å². The lowest BCUT2D eigenvalue weighted by atomic mass is 9.95. The van der Waals surface area contributed by atoms with Crippen molar-refractivity contribution in [2.75, 3.05) is 0 Å². The minimum absolute atomic E-state index is 0.00762. The molecular formula is C14H20BrNO. The van der Waals surface area contributed by atoms with Gasteiger partial charge in [0.25, 0.3) is 5.91 Å². The molecule has 1 N–H and O–H groups in total. The van der Waals surface area contributed by atoms with Crippen molar-refractivity contribution in [2.45, 2.75) is 46.1 Å². The van der Waals surface area contributed by atoms with Crippen molar-refractivity contribution in [2.24, 2.45) is 0 Å². The summed E-state index contributed by atoms with van der Waals surface area (Å²) in [6, 6.07) is 5.81. The molecule has 0 radical (unpaired) electrons. The molecule has 0 fully saturated rings. The number of rotatable bonds is 4. The van der Waals surface area contributed by atoms with Gasteiger partial charge in [0.2, 0.25) is 0 Å². The molecule has 1 aromatic rings. The second-order valence-electron chi connectivity index (χ2n) is 4.71. The van der Waals surface area contributed by atoms with Gasteiger partial charge < -0.3 is 5.32 Å². The quantitative estimate of drug-likeness (QED) is 0.892. The van der Waals surface area contributed by atoms with E-state index in [2.05, 4.69) is 42.0 Å². The van der Waals surface area contributed by atoms with Crippen LogP contribution < -0.4 is 5.32 Å². The van der Waals surface area contributed by atoms with Crippen molar-refractivity contribution in [3.63, 3.8) is 0 Å². The van der Waals surface area contributed by atoms with Crippen LogP contribution in [0.25, 0.3) is 0 Å². The zero-order valence-corrected chi connectivity index (χ0v) is 12.5. The molecule has 0 spiro atoms. The highest BCUT2D eigenvalue weighted by Gasteiger charge is 2.23. The molecule has 0 aliphatic rings. The van der Waals surface area contributed by atoms with Crippen LogP contribution in [0.3, 0.4) is 0 Å². The number of halogens is 1. The zero-order valence-electron chi connectivity index (χ0n) is 10.9. The molecule has 2 nitrogen and oxygen atoms in total. The van der Waals surface area contributed by atoms with Gasteiger partial charge in [-0.1, -0.05) is 25.5 Å². The molecule has 94 valence electrons. The summed E-state index contributed by atoms with van der Waals surface area (Å²) in [5, 5.41) is 3.11. The Kier molecular flexibility index (Phi) is 4.75. The van der Waals surface area contributed by atoms with Crippen molar-refractivity contribution in [1.29, 1.82) is 0 Å². The molecule has 17 heavy (non-hydrogen) atoms. The summed E-state index contributed by atoms with van der Waals surface area (Å²) in [4.78, 5) is 12.2. The molecule has 0 aliphatic carbocycles. The third kappa shape index (κ3) is 3.56. The van der Waals surface area contributed by atoms with Crippen LogP contribution >= 0.6 is 15.9 Å². The van der Waals surface area contributed by atoms with Gasteiger partial charge in [-0.25, -0.2) is 0 Å². The second-order valence-corrected chi connectivity index (χ2v) is 5.56. The van der Waals surface area contributed by atoms with Gasteiger partial charge in [0.05, 0.1) is 5.56 Å². The van der Waals surface area contributed by atoms with Crippen LogP contribution in [0, 0.1) is 6.92 Å². The van der Waals surface area contributed by atoms with E-state index >= 15 is 0 Å². The number of benzene rings is 1. The minimum atomic E-state index is -0.125. The standard InChI is InChI=1S/C14H20BrNO/c1-5-14(4,6-2)16-13(17)11-9-10(3)7-8-12(11)15/h7-9H,5-6H2,1-4H3,(H,16,17). The van der Waals surface area contributed by atoms with E-state index in [9.17, 15) is 4.79 Å². The van der Waals surface area contributed by atoms with Crippen LogP contribution in [0.4, 0.5) is 0 Å². The molecule has 0 unspecified atom stereocenters. The van der Waals surface area contributed by atoms with Gasteiger partial charge >= 0.3 is 0 Å². The highest BCUT2D eigenvalue weighted by atomic mass is 79.9. The van der Waals surface area contributed by atoms with Gasteiger partial charge in [-0.2, -0.15) is 0 Å². The average Bonchev–Trinajstić information content (AvgIpc) is 2.32. The highest BCUT2D eigenvalue weighted by Crippen LogP contribution is 2.20. The number of nitrogens with one attached hydrogen (secondary N) is 1. The molecular weight excluding hydrogens is 278 g/mol. The first-order valence-electron chi connectivity index (χ1n) is 6.00. The van der Waals surface area contributed by atoms with Crippen molar-refractivity contribution in [1.82, 2.24) is 5.32 Å². The van der Waals surface area contributed by atoms with Crippen molar-refractivity contribution < 1.29 is 4.79 Å². The Morgan fingerprint density at radius 1 is 1.35 bits per heavy atom. The summed E-state index contributed by atoms with van der Waals surface area (Å²) in [6.07, 6.45) is 1.86. The van der Waals surface area contributed by atoms with Crippen LogP contribution in [-0.4, -0.2) is 11.4 Å². The molecule has 0 saturated carbocycles. The zero-order chi connectivity index (χ0) is 13.1. The van der Waals surface area contributed by atoms with E-state index in [1.165, 1.54) is 0 Å². The topological polar surface area (TPSA) is 29.1 Å². The van der Waals surface area contributed by atoms with Gasteiger partial charge in [-0.15, -0.1) is 0 Å². The lowest BCUT2D eigenvalue weighted by molar-refractivity contribution is 0.0900. The van der Waals surface area contributed by atoms with Crippen molar-refractivity contribution >= 4 is 21.8 Å². The smallest absolute Gasteiger partial charge is 0.252 e. The molecule has 1 amide bonds. The van der Waals surface area contributed by atoms with Crippen LogP contribution in [0.1, 0.15) is 49.5 Å². The summed E-state index contributed by atoms with van der Waals surface area (Å²) in [7, 11) is 0. The second kappa shape index (κ2) is 5.67. The fraction of sp³-hybridized carbons (Fsp3) is 0.500. The third-order valence-corrected chi connectivity index (χ3v) is 4.03. The van der Waals surface area contributed by atoms with E-state index in [-0.39, 0.29) is 11.4 Å². The molecule has 0 bridgehead atoms. The summed E-state index contributed by atoms with van der Waals surface area (Å²) in [6.45, 7) is 8.25. The van der Waals surface area contributed by atoms with Gasteiger partial charge in [0.1, 0.15) is 0 Å². The Bertz CT molecular complexity index is 411. The number of carbonyl (C=O) groups excluding carboxylic acids is 1. The number of carbonyl (C=O) groups is 1. The van der Waals surface area contributed by atoms with E-state index in [0.29, 0.717) is 5.56 Å². The highest BCUT2D eigenvalue weighted by molar-refractivity contribution is 9.10. The van der Waals surface area contributed by atoms with Crippen molar-refractivity contribution in [3.05, 3.63) is 33.8 Å². The third-order valence-electron chi connectivity index (χ3n) is 3.34.